The Hall–Kier alpha value is -0.110. The summed E-state index contributed by atoms with van der Waals surface area (Å²) in [5, 5.41) is 0. The van der Waals surface area contributed by atoms with Crippen molar-refractivity contribution in [1.82, 2.24) is 0 Å². The van der Waals surface area contributed by atoms with Crippen LogP contribution in [0.2, 0.25) is 0 Å². The second-order valence-corrected chi connectivity index (χ2v) is 1.75. The Balaban J connectivity index is 3.56. The largest absolute Gasteiger partial charge is 0.257 e. The van der Waals surface area contributed by atoms with Gasteiger partial charge < -0.3 is 0 Å². The maximum atomic E-state index is 11.3. The van der Waals surface area contributed by atoms with Crippen LogP contribution >= 0.6 is 11.6 Å². The van der Waals surface area contributed by atoms with Crippen LogP contribution in [0.5, 0.6) is 0 Å². The molecule has 0 aromatic carbocycles. The van der Waals surface area contributed by atoms with Crippen molar-refractivity contribution < 1.29 is 8.78 Å². The first-order valence-corrected chi connectivity index (χ1v) is 2.71. The van der Waals surface area contributed by atoms with Crippen molar-refractivity contribution >= 4 is 11.6 Å². The molecule has 0 heterocycles. The maximum absolute atomic E-state index is 11.3. The van der Waals surface area contributed by atoms with Crippen molar-refractivity contribution in [2.75, 3.05) is 5.88 Å². The molecule has 0 unspecified atom stereocenters. The molecule has 8 heavy (non-hydrogen) atoms. The van der Waals surface area contributed by atoms with Crippen LogP contribution in [-0.2, 0) is 0 Å². The quantitative estimate of drug-likeness (QED) is 0.408. The number of alkyl halides is 3. The fourth-order valence-electron chi connectivity index (χ4n) is 0.260. The van der Waals surface area contributed by atoms with E-state index in [4.69, 9.17) is 11.6 Å². The zero-order valence-corrected chi connectivity index (χ0v) is 5.25. The summed E-state index contributed by atoms with van der Waals surface area (Å²) in [5.74, 6) is 0.185. The van der Waals surface area contributed by atoms with E-state index in [0.29, 0.717) is 5.57 Å². The molecule has 0 atom stereocenters. The van der Waals surface area contributed by atoms with E-state index in [0.717, 1.165) is 6.08 Å². The van der Waals surface area contributed by atoms with E-state index < -0.39 is 6.43 Å². The van der Waals surface area contributed by atoms with Crippen molar-refractivity contribution in [2.24, 2.45) is 0 Å². The molecule has 0 bridgehead atoms. The van der Waals surface area contributed by atoms with E-state index in [2.05, 4.69) is 0 Å². The number of rotatable bonds is 2. The maximum Gasteiger partial charge on any atom is 0.257 e. The first-order chi connectivity index (χ1) is 3.66. The van der Waals surface area contributed by atoms with Crippen molar-refractivity contribution in [1.29, 1.82) is 0 Å². The standard InChI is InChI=1S/C5H7ClF2/c1-4(3-6)2-5(7)8/h2,5H,3H2,1H3. The third-order valence-electron chi connectivity index (χ3n) is 0.621. The topological polar surface area (TPSA) is 0 Å². The predicted molar refractivity (Wildman–Crippen MR) is 30.5 cm³/mol. The highest BCUT2D eigenvalue weighted by Gasteiger charge is 1.95. The number of halogens is 3. The van der Waals surface area contributed by atoms with Crippen LogP contribution < -0.4 is 0 Å². The average Bonchev–Trinajstić information content (AvgIpc) is 1.65. The average molecular weight is 141 g/mol. The van der Waals surface area contributed by atoms with Gasteiger partial charge in [0.1, 0.15) is 0 Å². The Labute approximate surface area is 52.1 Å². The minimum atomic E-state index is -2.37. The van der Waals surface area contributed by atoms with Gasteiger partial charge in [0.2, 0.25) is 0 Å². The minimum Gasteiger partial charge on any atom is -0.206 e. The monoisotopic (exact) mass is 140 g/mol. The molecule has 0 radical (unpaired) electrons. The van der Waals surface area contributed by atoms with Gasteiger partial charge in [-0.3, -0.25) is 0 Å². The van der Waals surface area contributed by atoms with E-state index >= 15 is 0 Å². The van der Waals surface area contributed by atoms with Gasteiger partial charge in [0.25, 0.3) is 6.43 Å². The van der Waals surface area contributed by atoms with Gasteiger partial charge in [0, 0.05) is 5.88 Å². The molecular formula is C5H7ClF2. The summed E-state index contributed by atoms with van der Waals surface area (Å²) in [5.41, 5.74) is 0.515. The van der Waals surface area contributed by atoms with Crippen molar-refractivity contribution in [3.05, 3.63) is 11.6 Å². The predicted octanol–water partition coefficient (Wildman–Crippen LogP) is 2.44. The smallest absolute Gasteiger partial charge is 0.206 e. The van der Waals surface area contributed by atoms with E-state index in [1.165, 1.54) is 0 Å². The van der Waals surface area contributed by atoms with Gasteiger partial charge in [-0.2, -0.15) is 0 Å². The first kappa shape index (κ1) is 7.89. The Morgan fingerprint density at radius 2 is 2.25 bits per heavy atom. The van der Waals surface area contributed by atoms with Crippen molar-refractivity contribution in [3.8, 4) is 0 Å². The van der Waals surface area contributed by atoms with Gasteiger partial charge in [0.15, 0.2) is 0 Å². The highest BCUT2D eigenvalue weighted by molar-refractivity contribution is 6.19. The van der Waals surface area contributed by atoms with Gasteiger partial charge in [-0.05, 0) is 13.0 Å². The highest BCUT2D eigenvalue weighted by Crippen LogP contribution is 2.01. The third kappa shape index (κ3) is 4.06. The molecule has 0 saturated carbocycles. The summed E-state index contributed by atoms with van der Waals surface area (Å²) in [4.78, 5) is 0. The van der Waals surface area contributed by atoms with Gasteiger partial charge in [-0.25, -0.2) is 8.78 Å². The second-order valence-electron chi connectivity index (χ2n) is 1.48. The molecule has 0 amide bonds. The number of allylic oxidation sites excluding steroid dienone is 2. The lowest BCUT2D eigenvalue weighted by molar-refractivity contribution is 0.203. The normalized spacial score (nSPS) is 12.9. The molecule has 0 aliphatic carbocycles. The molecule has 0 aromatic rings. The van der Waals surface area contributed by atoms with Gasteiger partial charge in [0.05, 0.1) is 0 Å². The van der Waals surface area contributed by atoms with Crippen LogP contribution in [0.1, 0.15) is 6.92 Å². The Morgan fingerprint density at radius 3 is 2.38 bits per heavy atom. The molecule has 0 spiro atoms. The summed E-state index contributed by atoms with van der Waals surface area (Å²) in [6.07, 6.45) is -1.53. The van der Waals surface area contributed by atoms with E-state index in [1.54, 1.807) is 6.92 Å². The van der Waals surface area contributed by atoms with Crippen molar-refractivity contribution in [3.63, 3.8) is 0 Å². The molecule has 0 nitrogen and oxygen atoms in total. The molecule has 0 aliphatic rings. The van der Waals surface area contributed by atoms with Gasteiger partial charge >= 0.3 is 0 Å². The Morgan fingerprint density at radius 1 is 1.75 bits per heavy atom. The fraction of sp³-hybridized carbons (Fsp3) is 0.600. The molecule has 0 fully saturated rings. The molecule has 0 saturated heterocycles. The number of hydrogen-bond acceptors (Lipinski definition) is 0. The minimum absolute atomic E-state index is 0.185. The summed E-state index contributed by atoms with van der Waals surface area (Å²) in [6.45, 7) is 1.57. The molecule has 0 rings (SSSR count). The van der Waals surface area contributed by atoms with Crippen LogP contribution in [0.3, 0.4) is 0 Å². The van der Waals surface area contributed by atoms with Crippen LogP contribution in [0.25, 0.3) is 0 Å². The van der Waals surface area contributed by atoms with Gasteiger partial charge in [-0.1, -0.05) is 5.57 Å². The molecule has 0 aromatic heterocycles. The van der Waals surface area contributed by atoms with Crippen LogP contribution in [-0.4, -0.2) is 12.3 Å². The highest BCUT2D eigenvalue weighted by atomic mass is 35.5. The lowest BCUT2D eigenvalue weighted by Crippen LogP contribution is -1.85. The summed E-state index contributed by atoms with van der Waals surface area (Å²) < 4.78 is 22.7. The molecule has 0 N–H and O–H groups in total. The third-order valence-corrected chi connectivity index (χ3v) is 1.04. The fourth-order valence-corrected chi connectivity index (χ4v) is 0.349. The summed E-state index contributed by atoms with van der Waals surface area (Å²) >= 11 is 5.19. The lowest BCUT2D eigenvalue weighted by atomic mass is 10.3. The molecular weight excluding hydrogens is 134 g/mol. The van der Waals surface area contributed by atoms with Crippen LogP contribution in [0.15, 0.2) is 11.6 Å². The Kier molecular flexibility index (Phi) is 3.79. The van der Waals surface area contributed by atoms with E-state index in [-0.39, 0.29) is 5.88 Å². The van der Waals surface area contributed by atoms with Crippen molar-refractivity contribution in [2.45, 2.75) is 13.3 Å². The zero-order chi connectivity index (χ0) is 6.57. The van der Waals surface area contributed by atoms with E-state index in [9.17, 15) is 8.78 Å². The van der Waals surface area contributed by atoms with Crippen LogP contribution in [0, 0.1) is 0 Å². The van der Waals surface area contributed by atoms with Gasteiger partial charge in [-0.15, -0.1) is 11.6 Å². The first-order valence-electron chi connectivity index (χ1n) is 2.18. The number of hydrogen-bond donors (Lipinski definition) is 0. The van der Waals surface area contributed by atoms with E-state index in [1.807, 2.05) is 0 Å². The van der Waals surface area contributed by atoms with Crippen LogP contribution in [0.4, 0.5) is 8.78 Å². The summed E-state index contributed by atoms with van der Waals surface area (Å²) in [7, 11) is 0. The SMILES string of the molecule is CC(=CC(F)F)CCl. The molecule has 0 aliphatic heterocycles. The lowest BCUT2D eigenvalue weighted by Gasteiger charge is -1.90. The molecule has 3 heteroatoms. The second kappa shape index (κ2) is 3.84. The molecule has 48 valence electrons. The Bertz CT molecular complexity index is 88.4. The summed E-state index contributed by atoms with van der Waals surface area (Å²) in [6, 6.07) is 0. The zero-order valence-electron chi connectivity index (χ0n) is 4.50.